The van der Waals surface area contributed by atoms with Crippen molar-refractivity contribution in [2.45, 2.75) is 20.3 Å². The molecule has 2 N–H and O–H groups in total. The third-order valence-corrected chi connectivity index (χ3v) is 4.89. The second kappa shape index (κ2) is 9.25. The van der Waals surface area contributed by atoms with Crippen LogP contribution < -0.4 is 5.43 Å². The molecular formula is C23H24N4O4. The predicted molar refractivity (Wildman–Crippen MR) is 117 cm³/mol. The van der Waals surface area contributed by atoms with Crippen LogP contribution >= 0.6 is 0 Å². The second-order valence-electron chi connectivity index (χ2n) is 6.93. The summed E-state index contributed by atoms with van der Waals surface area (Å²) in [6.45, 7) is 3.73. The van der Waals surface area contributed by atoms with Crippen LogP contribution in [-0.4, -0.2) is 39.6 Å². The summed E-state index contributed by atoms with van der Waals surface area (Å²) in [5, 5.41) is 19.2. The molecule has 0 saturated heterocycles. The van der Waals surface area contributed by atoms with Gasteiger partial charge in [-0.15, -0.1) is 0 Å². The van der Waals surface area contributed by atoms with E-state index in [1.165, 1.54) is 36.9 Å². The quantitative estimate of drug-likeness (QED) is 0.362. The van der Waals surface area contributed by atoms with Crippen LogP contribution in [0.4, 0.5) is 0 Å². The standard InChI is InChI=1S/C23H24N4O4/c1-5-15-6-8-16(9-7-15)20-21(28)19(26-27(20)3)14(2)24-25-22(29)17-10-12-18(13-11-17)23(30)31-4/h6-13,28H,5H2,1-4H3,(H,25,29). The lowest BCUT2D eigenvalue weighted by molar-refractivity contribution is 0.0600. The molecule has 3 aromatic rings. The number of rotatable bonds is 6. The Labute approximate surface area is 180 Å². The zero-order chi connectivity index (χ0) is 22.5. The molecule has 0 unspecified atom stereocenters. The maximum absolute atomic E-state index is 12.3. The van der Waals surface area contributed by atoms with E-state index >= 15 is 0 Å². The predicted octanol–water partition coefficient (Wildman–Crippen LogP) is 3.30. The number of nitrogens with zero attached hydrogens (tertiary/aromatic N) is 3. The molecule has 2 aromatic carbocycles. The number of carbonyl (C=O) groups is 2. The van der Waals surface area contributed by atoms with Gasteiger partial charge < -0.3 is 9.84 Å². The lowest BCUT2D eigenvalue weighted by Crippen LogP contribution is -2.19. The number of amides is 1. The lowest BCUT2D eigenvalue weighted by Gasteiger charge is -2.04. The summed E-state index contributed by atoms with van der Waals surface area (Å²) < 4.78 is 6.22. The molecule has 0 aliphatic heterocycles. The molecule has 0 bridgehead atoms. The minimum atomic E-state index is -0.480. The van der Waals surface area contributed by atoms with Crippen molar-refractivity contribution in [1.82, 2.24) is 15.2 Å². The van der Waals surface area contributed by atoms with Crippen LogP contribution in [0, 0.1) is 0 Å². The van der Waals surface area contributed by atoms with Gasteiger partial charge >= 0.3 is 5.97 Å². The van der Waals surface area contributed by atoms with Crippen LogP contribution in [0.15, 0.2) is 53.6 Å². The van der Waals surface area contributed by atoms with E-state index in [0.717, 1.165) is 12.0 Å². The summed E-state index contributed by atoms with van der Waals surface area (Å²) in [6.07, 6.45) is 0.930. The van der Waals surface area contributed by atoms with Crippen molar-refractivity contribution in [1.29, 1.82) is 0 Å². The number of methoxy groups -OCH3 is 1. The van der Waals surface area contributed by atoms with Crippen molar-refractivity contribution in [2.24, 2.45) is 12.1 Å². The second-order valence-corrected chi connectivity index (χ2v) is 6.93. The third-order valence-electron chi connectivity index (χ3n) is 4.89. The minimum Gasteiger partial charge on any atom is -0.504 e. The number of carbonyl (C=O) groups excluding carboxylic acids is 2. The highest BCUT2D eigenvalue weighted by atomic mass is 16.5. The number of ether oxygens (including phenoxy) is 1. The maximum Gasteiger partial charge on any atom is 0.337 e. The molecule has 0 fully saturated rings. The first-order chi connectivity index (χ1) is 14.8. The van der Waals surface area contributed by atoms with Gasteiger partial charge in [0.05, 0.1) is 18.4 Å². The number of hydrazone groups is 1. The van der Waals surface area contributed by atoms with Gasteiger partial charge in [0.25, 0.3) is 5.91 Å². The van der Waals surface area contributed by atoms with Gasteiger partial charge in [-0.2, -0.15) is 10.2 Å². The summed E-state index contributed by atoms with van der Waals surface area (Å²) in [7, 11) is 3.03. The average Bonchev–Trinajstić information content (AvgIpc) is 3.10. The van der Waals surface area contributed by atoms with Crippen molar-refractivity contribution in [2.75, 3.05) is 7.11 Å². The SMILES string of the molecule is CCc1ccc(-c2c(O)c(C(C)=NNC(=O)c3ccc(C(=O)OC)cc3)nn2C)cc1. The van der Waals surface area contributed by atoms with Crippen molar-refractivity contribution >= 4 is 17.6 Å². The number of aryl methyl sites for hydroxylation is 2. The Balaban J connectivity index is 1.78. The number of benzene rings is 2. The molecule has 31 heavy (non-hydrogen) atoms. The van der Waals surface area contributed by atoms with E-state index in [9.17, 15) is 14.7 Å². The highest BCUT2D eigenvalue weighted by Gasteiger charge is 2.19. The Morgan fingerprint density at radius 1 is 1.10 bits per heavy atom. The topological polar surface area (TPSA) is 106 Å². The first-order valence-electron chi connectivity index (χ1n) is 9.74. The average molecular weight is 420 g/mol. The molecular weight excluding hydrogens is 396 g/mol. The van der Waals surface area contributed by atoms with Crippen LogP contribution in [0.25, 0.3) is 11.3 Å². The Kier molecular flexibility index (Phi) is 6.49. The van der Waals surface area contributed by atoms with Gasteiger partial charge in [-0.05, 0) is 43.2 Å². The number of hydrogen-bond donors (Lipinski definition) is 2. The molecule has 3 rings (SSSR count). The third kappa shape index (κ3) is 4.63. The molecule has 0 aliphatic carbocycles. The van der Waals surface area contributed by atoms with E-state index < -0.39 is 11.9 Å². The Bertz CT molecular complexity index is 1130. The maximum atomic E-state index is 12.3. The summed E-state index contributed by atoms with van der Waals surface area (Å²) in [5.74, 6) is -0.946. The van der Waals surface area contributed by atoms with E-state index in [4.69, 9.17) is 0 Å². The van der Waals surface area contributed by atoms with Crippen LogP contribution in [0.5, 0.6) is 5.75 Å². The number of aromatic hydroxyl groups is 1. The first kappa shape index (κ1) is 21.8. The van der Waals surface area contributed by atoms with E-state index in [1.807, 2.05) is 24.3 Å². The number of esters is 1. The molecule has 160 valence electrons. The largest absolute Gasteiger partial charge is 0.504 e. The van der Waals surface area contributed by atoms with Crippen LogP contribution in [0.3, 0.4) is 0 Å². The molecule has 0 aliphatic rings. The number of hydrogen-bond acceptors (Lipinski definition) is 6. The van der Waals surface area contributed by atoms with Crippen molar-refractivity contribution < 1.29 is 19.4 Å². The number of aromatic nitrogens is 2. The fourth-order valence-electron chi connectivity index (χ4n) is 3.11. The van der Waals surface area contributed by atoms with Gasteiger partial charge in [0.1, 0.15) is 5.69 Å². The molecule has 0 spiro atoms. The normalized spacial score (nSPS) is 11.3. The summed E-state index contributed by atoms with van der Waals surface area (Å²) in [5.41, 5.74) is 6.34. The van der Waals surface area contributed by atoms with Gasteiger partial charge in [0, 0.05) is 18.2 Å². The van der Waals surface area contributed by atoms with E-state index in [1.54, 1.807) is 18.7 Å². The Hall–Kier alpha value is -3.94. The zero-order valence-electron chi connectivity index (χ0n) is 17.8. The molecule has 1 aromatic heterocycles. The fourth-order valence-corrected chi connectivity index (χ4v) is 3.11. The molecule has 8 heteroatoms. The van der Waals surface area contributed by atoms with E-state index in [-0.39, 0.29) is 11.4 Å². The fraction of sp³-hybridized carbons (Fsp3) is 0.217. The monoisotopic (exact) mass is 420 g/mol. The van der Waals surface area contributed by atoms with Gasteiger partial charge in [-0.3, -0.25) is 9.48 Å². The van der Waals surface area contributed by atoms with E-state index in [2.05, 4.69) is 27.3 Å². The van der Waals surface area contributed by atoms with Crippen LogP contribution in [-0.2, 0) is 18.2 Å². The van der Waals surface area contributed by atoms with Crippen molar-refractivity contribution in [3.63, 3.8) is 0 Å². The van der Waals surface area contributed by atoms with Crippen LogP contribution in [0.2, 0.25) is 0 Å². The molecule has 0 radical (unpaired) electrons. The van der Waals surface area contributed by atoms with Gasteiger partial charge in [0.15, 0.2) is 11.4 Å². The van der Waals surface area contributed by atoms with E-state index in [0.29, 0.717) is 22.5 Å². The molecule has 0 saturated carbocycles. The van der Waals surface area contributed by atoms with Gasteiger partial charge in [0.2, 0.25) is 0 Å². The number of nitrogens with one attached hydrogen (secondary N) is 1. The summed E-state index contributed by atoms with van der Waals surface area (Å²) in [6, 6.07) is 13.9. The van der Waals surface area contributed by atoms with Gasteiger partial charge in [-0.25, -0.2) is 10.2 Å². The van der Waals surface area contributed by atoms with Crippen LogP contribution in [0.1, 0.15) is 45.8 Å². The molecule has 1 amide bonds. The summed E-state index contributed by atoms with van der Waals surface area (Å²) >= 11 is 0. The van der Waals surface area contributed by atoms with Gasteiger partial charge in [-0.1, -0.05) is 31.2 Å². The van der Waals surface area contributed by atoms with Crippen molar-refractivity contribution in [3.05, 3.63) is 70.9 Å². The van der Waals surface area contributed by atoms with Crippen molar-refractivity contribution in [3.8, 4) is 17.0 Å². The molecule has 1 heterocycles. The Morgan fingerprint density at radius 3 is 2.29 bits per heavy atom. The highest BCUT2D eigenvalue weighted by molar-refractivity contribution is 6.02. The zero-order valence-corrected chi connectivity index (χ0v) is 17.8. The lowest BCUT2D eigenvalue weighted by atomic mass is 10.1. The smallest absolute Gasteiger partial charge is 0.337 e. The first-order valence-corrected chi connectivity index (χ1v) is 9.74. The highest BCUT2D eigenvalue weighted by Crippen LogP contribution is 2.32. The molecule has 0 atom stereocenters. The molecule has 8 nitrogen and oxygen atoms in total. The Morgan fingerprint density at radius 2 is 1.71 bits per heavy atom. The summed E-state index contributed by atoms with van der Waals surface area (Å²) in [4.78, 5) is 23.8. The minimum absolute atomic E-state index is 0.00956.